The third-order valence-corrected chi connectivity index (χ3v) is 5.02. The number of hydrogen-bond acceptors (Lipinski definition) is 8. The predicted octanol–water partition coefficient (Wildman–Crippen LogP) is 3.30. The topological polar surface area (TPSA) is 134 Å². The number of benzene rings is 2. The second kappa shape index (κ2) is 9.86. The number of hydrazone groups is 1. The highest BCUT2D eigenvalue weighted by Gasteiger charge is 2.15. The number of nitrogens with one attached hydrogen (secondary N) is 1. The Morgan fingerprint density at radius 1 is 1.18 bits per heavy atom. The fourth-order valence-corrected chi connectivity index (χ4v) is 3.47. The molecule has 0 atom stereocenters. The number of nitro groups is 1. The summed E-state index contributed by atoms with van der Waals surface area (Å²) in [4.78, 5) is 27.3. The molecular formula is C23H21N5O6. The Hall–Kier alpha value is -4.67. The first-order valence-electron chi connectivity index (χ1n) is 10.2. The normalized spacial score (nSPS) is 11.1. The van der Waals surface area contributed by atoms with E-state index in [4.69, 9.17) is 18.9 Å². The summed E-state index contributed by atoms with van der Waals surface area (Å²) < 4.78 is 17.5. The van der Waals surface area contributed by atoms with Crippen molar-refractivity contribution < 1.29 is 23.6 Å². The number of furan rings is 1. The van der Waals surface area contributed by atoms with Crippen molar-refractivity contribution in [3.8, 4) is 11.5 Å². The Kier molecular flexibility index (Phi) is 6.53. The second-order valence-electron chi connectivity index (χ2n) is 7.20. The van der Waals surface area contributed by atoms with E-state index in [9.17, 15) is 14.9 Å². The summed E-state index contributed by atoms with van der Waals surface area (Å²) in [5, 5.41) is 14.5. The van der Waals surface area contributed by atoms with Gasteiger partial charge in [-0.1, -0.05) is 18.2 Å². The molecule has 0 aliphatic heterocycles. The van der Waals surface area contributed by atoms with Crippen LogP contribution in [0.5, 0.6) is 11.5 Å². The number of rotatable bonds is 9. The fraction of sp³-hybridized carbons (Fsp3) is 0.174. The highest BCUT2D eigenvalue weighted by Crippen LogP contribution is 2.29. The lowest BCUT2D eigenvalue weighted by Crippen LogP contribution is -2.24. The van der Waals surface area contributed by atoms with Crippen LogP contribution in [0.25, 0.3) is 11.0 Å². The minimum atomic E-state index is -0.653. The molecule has 0 fully saturated rings. The Bertz CT molecular complexity index is 1370. The van der Waals surface area contributed by atoms with E-state index < -0.39 is 16.7 Å². The average molecular weight is 463 g/mol. The van der Waals surface area contributed by atoms with Gasteiger partial charge in [-0.2, -0.15) is 5.10 Å². The summed E-state index contributed by atoms with van der Waals surface area (Å²) in [5.41, 5.74) is 4.92. The van der Waals surface area contributed by atoms with Crippen molar-refractivity contribution in [3.63, 3.8) is 0 Å². The molecule has 0 bridgehead atoms. The van der Waals surface area contributed by atoms with E-state index in [2.05, 4.69) is 10.5 Å². The van der Waals surface area contributed by atoms with Crippen LogP contribution < -0.4 is 14.9 Å². The summed E-state index contributed by atoms with van der Waals surface area (Å²) in [7, 11) is 3.15. The van der Waals surface area contributed by atoms with E-state index in [1.807, 2.05) is 47.0 Å². The number of nitrogens with zero attached hydrogens (tertiary/aromatic N) is 4. The Morgan fingerprint density at radius 2 is 1.97 bits per heavy atom. The molecule has 1 N–H and O–H groups in total. The summed E-state index contributed by atoms with van der Waals surface area (Å²) in [5.74, 6) is 1.27. The molecule has 4 rings (SSSR count). The van der Waals surface area contributed by atoms with Crippen molar-refractivity contribution in [2.75, 3.05) is 14.2 Å². The van der Waals surface area contributed by atoms with Gasteiger partial charge in [0.05, 0.1) is 37.5 Å². The zero-order chi connectivity index (χ0) is 24.1. The van der Waals surface area contributed by atoms with Gasteiger partial charge in [0.1, 0.15) is 17.3 Å². The van der Waals surface area contributed by atoms with E-state index in [0.717, 1.165) is 16.6 Å². The number of fused-ring (bicyclic) bond motifs is 1. The molecule has 174 valence electrons. The van der Waals surface area contributed by atoms with Gasteiger partial charge in [-0.3, -0.25) is 14.9 Å². The van der Waals surface area contributed by atoms with Crippen molar-refractivity contribution in [2.45, 2.75) is 13.0 Å². The Balaban J connectivity index is 1.53. The highest BCUT2D eigenvalue weighted by atomic mass is 16.6. The first-order valence-corrected chi connectivity index (χ1v) is 10.2. The van der Waals surface area contributed by atoms with Gasteiger partial charge < -0.3 is 18.5 Å². The van der Waals surface area contributed by atoms with Crippen molar-refractivity contribution in [2.24, 2.45) is 5.10 Å². The first kappa shape index (κ1) is 22.5. The summed E-state index contributed by atoms with van der Waals surface area (Å²) in [6, 6.07) is 15.7. The molecule has 0 aliphatic rings. The molecule has 0 unspecified atom stereocenters. The smallest absolute Gasteiger partial charge is 0.433 e. The maximum atomic E-state index is 12.6. The quantitative estimate of drug-likeness (QED) is 0.229. The number of aromatic nitrogens is 2. The molecule has 11 heteroatoms. The number of para-hydroxylation sites is 2. The Morgan fingerprint density at radius 3 is 2.71 bits per heavy atom. The van der Waals surface area contributed by atoms with Crippen LogP contribution in [-0.4, -0.2) is 40.8 Å². The minimum Gasteiger partial charge on any atom is -0.493 e. The van der Waals surface area contributed by atoms with Crippen LogP contribution in [0.3, 0.4) is 0 Å². The largest absolute Gasteiger partial charge is 0.493 e. The van der Waals surface area contributed by atoms with Crippen LogP contribution in [0.2, 0.25) is 0 Å². The molecule has 2 aromatic carbocycles. The molecular weight excluding hydrogens is 442 g/mol. The molecule has 4 aromatic rings. The van der Waals surface area contributed by atoms with Crippen LogP contribution >= 0.6 is 0 Å². The summed E-state index contributed by atoms with van der Waals surface area (Å²) >= 11 is 0. The number of imidazole rings is 1. The summed E-state index contributed by atoms with van der Waals surface area (Å²) in [6.07, 6.45) is 1.66. The Labute approximate surface area is 193 Å². The van der Waals surface area contributed by atoms with Gasteiger partial charge in [0, 0.05) is 6.42 Å². The molecule has 0 saturated heterocycles. The minimum absolute atomic E-state index is 0.0290. The lowest BCUT2D eigenvalue weighted by molar-refractivity contribution is -0.402. The standard InChI is InChI=1S/C23H21N5O6/c1-32-19-9-7-15(11-20(19)33-2)12-21-25-17-5-3-4-6-18(17)27(21)14-22(29)26-24-13-16-8-10-23(34-16)28(30)31/h3-11,13H,12,14H2,1-2H3,(H,26,29)/b24-13+. The zero-order valence-electron chi connectivity index (χ0n) is 18.4. The van der Waals surface area contributed by atoms with Gasteiger partial charge in [0.15, 0.2) is 17.3 Å². The number of ether oxygens (including phenoxy) is 2. The lowest BCUT2D eigenvalue weighted by Gasteiger charge is -2.11. The van der Waals surface area contributed by atoms with Gasteiger partial charge in [0.25, 0.3) is 5.91 Å². The predicted molar refractivity (Wildman–Crippen MR) is 123 cm³/mol. The van der Waals surface area contributed by atoms with E-state index >= 15 is 0 Å². The highest BCUT2D eigenvalue weighted by molar-refractivity contribution is 5.83. The molecule has 0 aliphatic carbocycles. The third kappa shape index (κ3) is 4.88. The maximum Gasteiger partial charge on any atom is 0.433 e. The first-order chi connectivity index (χ1) is 16.5. The monoisotopic (exact) mass is 463 g/mol. The zero-order valence-corrected chi connectivity index (χ0v) is 18.4. The van der Waals surface area contributed by atoms with E-state index in [1.165, 1.54) is 18.3 Å². The van der Waals surface area contributed by atoms with Gasteiger partial charge >= 0.3 is 5.88 Å². The molecule has 0 spiro atoms. The van der Waals surface area contributed by atoms with Crippen LogP contribution in [0, 0.1) is 10.1 Å². The number of carbonyl (C=O) groups is 1. The van der Waals surface area contributed by atoms with Gasteiger partial charge in [0.2, 0.25) is 0 Å². The van der Waals surface area contributed by atoms with Crippen LogP contribution in [0.4, 0.5) is 5.88 Å². The molecule has 2 heterocycles. The van der Waals surface area contributed by atoms with Crippen LogP contribution in [0.1, 0.15) is 17.1 Å². The van der Waals surface area contributed by atoms with Crippen LogP contribution in [-0.2, 0) is 17.8 Å². The van der Waals surface area contributed by atoms with Gasteiger partial charge in [-0.25, -0.2) is 10.4 Å². The average Bonchev–Trinajstić information content (AvgIpc) is 3.44. The van der Waals surface area contributed by atoms with Crippen molar-refractivity contribution in [1.29, 1.82) is 0 Å². The van der Waals surface area contributed by atoms with Crippen molar-refractivity contribution in [3.05, 3.63) is 81.9 Å². The summed E-state index contributed by atoms with van der Waals surface area (Å²) in [6.45, 7) is -0.0290. The molecule has 0 radical (unpaired) electrons. The van der Waals surface area contributed by atoms with E-state index in [0.29, 0.717) is 23.7 Å². The second-order valence-corrected chi connectivity index (χ2v) is 7.20. The van der Waals surface area contributed by atoms with Crippen molar-refractivity contribution in [1.82, 2.24) is 15.0 Å². The number of carbonyl (C=O) groups excluding carboxylic acids is 1. The fourth-order valence-electron chi connectivity index (χ4n) is 3.47. The maximum absolute atomic E-state index is 12.6. The van der Waals surface area contributed by atoms with Gasteiger partial charge in [-0.05, 0) is 35.9 Å². The molecule has 11 nitrogen and oxygen atoms in total. The molecule has 34 heavy (non-hydrogen) atoms. The number of amides is 1. The molecule has 2 aromatic heterocycles. The van der Waals surface area contributed by atoms with Gasteiger partial charge in [-0.15, -0.1) is 0 Å². The van der Waals surface area contributed by atoms with Crippen LogP contribution in [0.15, 0.2) is 64.1 Å². The molecule has 0 saturated carbocycles. The third-order valence-electron chi connectivity index (χ3n) is 5.02. The SMILES string of the molecule is COc1ccc(Cc2nc3ccccc3n2CC(=O)N/N=C/c2ccc([N+](=O)[O-])o2)cc1OC. The van der Waals surface area contributed by atoms with E-state index in [-0.39, 0.29) is 12.3 Å². The lowest BCUT2D eigenvalue weighted by atomic mass is 10.1. The number of methoxy groups -OCH3 is 2. The van der Waals surface area contributed by atoms with E-state index in [1.54, 1.807) is 14.2 Å². The molecule has 1 amide bonds. The van der Waals surface area contributed by atoms with Crippen molar-refractivity contribution >= 4 is 29.0 Å². The number of hydrogen-bond donors (Lipinski definition) is 1.